The standard InChI is InChI=1S/C47H59N11O7/c1-29(59)53-37(25-30-13-4-2-5-14-30)42(61)55-36-20-11-22-50-41(60)35(19-10-23-51-47(48)49)54-44(63)39(27-32-28-52-34-18-9-8-17-33(32)34)56-43(62)38(26-31-15-6-3-7-16-31)57-45(64)40-21-12-24-58(40)46(36)65/h2-9,13-18,28,35-40,52H,10-12,19-27H2,1H3,(H,50,60)(H,53,59)(H,54,63)(H,55,61)(H,56,62)(H,57,64)(H4,48,49,51)/t35-,36-,37-,38+,39-,40-/m0/s1. The average molecular weight is 890 g/mol. The van der Waals surface area contributed by atoms with Crippen molar-refractivity contribution in [2.75, 3.05) is 19.6 Å². The van der Waals surface area contributed by atoms with Crippen molar-refractivity contribution < 1.29 is 33.6 Å². The molecule has 18 heteroatoms. The molecular weight excluding hydrogens is 831 g/mol. The van der Waals surface area contributed by atoms with Gasteiger partial charge in [-0.3, -0.25) is 38.6 Å². The molecule has 344 valence electrons. The third-order valence-corrected chi connectivity index (χ3v) is 11.6. The van der Waals surface area contributed by atoms with Gasteiger partial charge < -0.3 is 53.3 Å². The number of carbonyl (C=O) groups is 7. The molecule has 1 aromatic heterocycles. The van der Waals surface area contributed by atoms with Crippen LogP contribution in [0.1, 0.15) is 62.1 Å². The summed E-state index contributed by atoms with van der Waals surface area (Å²) in [5, 5.41) is 17.9. The number of nitrogens with two attached hydrogens (primary N) is 2. The van der Waals surface area contributed by atoms with Crippen LogP contribution in [0.15, 0.2) is 96.1 Å². The second-order valence-electron chi connectivity index (χ2n) is 16.5. The zero-order valence-electron chi connectivity index (χ0n) is 36.5. The molecule has 11 N–H and O–H groups in total. The molecule has 0 saturated carbocycles. The molecule has 3 aromatic carbocycles. The highest BCUT2D eigenvalue weighted by Crippen LogP contribution is 2.22. The van der Waals surface area contributed by atoms with E-state index >= 15 is 0 Å². The minimum atomic E-state index is -1.19. The molecule has 7 amide bonds. The van der Waals surface area contributed by atoms with Gasteiger partial charge in [0.2, 0.25) is 41.4 Å². The maximum absolute atomic E-state index is 14.6. The number of rotatable bonds is 13. The van der Waals surface area contributed by atoms with E-state index in [2.05, 4.69) is 41.9 Å². The number of H-pyrrole nitrogens is 1. The van der Waals surface area contributed by atoms with E-state index in [0.29, 0.717) is 19.3 Å². The number of hydrogen-bond donors (Lipinski definition) is 9. The van der Waals surface area contributed by atoms with Crippen LogP contribution in [0.25, 0.3) is 10.9 Å². The van der Waals surface area contributed by atoms with Gasteiger partial charge in [-0.2, -0.15) is 0 Å². The van der Waals surface area contributed by atoms with Crippen molar-refractivity contribution in [3.8, 4) is 0 Å². The number of hydrogen-bond acceptors (Lipinski definition) is 8. The molecule has 18 nitrogen and oxygen atoms in total. The van der Waals surface area contributed by atoms with Crippen LogP contribution in [-0.4, -0.2) is 113 Å². The van der Waals surface area contributed by atoms with Gasteiger partial charge in [-0.15, -0.1) is 0 Å². The van der Waals surface area contributed by atoms with Crippen LogP contribution in [0.3, 0.4) is 0 Å². The van der Waals surface area contributed by atoms with Crippen molar-refractivity contribution >= 4 is 58.2 Å². The largest absolute Gasteiger partial charge is 0.370 e. The van der Waals surface area contributed by atoms with Gasteiger partial charge in [0.05, 0.1) is 0 Å². The smallest absolute Gasteiger partial charge is 0.245 e. The number of guanidine groups is 1. The third kappa shape index (κ3) is 13.4. The summed E-state index contributed by atoms with van der Waals surface area (Å²) in [5.41, 5.74) is 14.2. The topological polar surface area (TPSA) is 275 Å². The van der Waals surface area contributed by atoms with Crippen LogP contribution < -0.4 is 43.4 Å². The van der Waals surface area contributed by atoms with Gasteiger partial charge in [0.15, 0.2) is 5.96 Å². The van der Waals surface area contributed by atoms with Crippen LogP contribution in [0.5, 0.6) is 0 Å². The molecule has 0 radical (unpaired) electrons. The molecule has 6 rings (SSSR count). The number of carbonyl (C=O) groups excluding carboxylic acids is 7. The second-order valence-corrected chi connectivity index (χ2v) is 16.5. The first-order chi connectivity index (χ1) is 31.4. The second kappa shape index (κ2) is 22.9. The first-order valence-corrected chi connectivity index (χ1v) is 22.1. The van der Waals surface area contributed by atoms with Crippen LogP contribution >= 0.6 is 0 Å². The fourth-order valence-electron chi connectivity index (χ4n) is 8.35. The minimum absolute atomic E-state index is 0.0437. The van der Waals surface area contributed by atoms with E-state index in [1.807, 2.05) is 84.9 Å². The highest BCUT2D eigenvalue weighted by molar-refractivity contribution is 5.98. The fourth-order valence-corrected chi connectivity index (χ4v) is 8.35. The molecule has 0 bridgehead atoms. The van der Waals surface area contributed by atoms with Gasteiger partial charge in [-0.25, -0.2) is 0 Å². The lowest BCUT2D eigenvalue weighted by molar-refractivity contribution is -0.142. The Kier molecular flexibility index (Phi) is 16.7. The Morgan fingerprint density at radius 1 is 0.769 bits per heavy atom. The Morgan fingerprint density at radius 2 is 1.42 bits per heavy atom. The zero-order valence-corrected chi connectivity index (χ0v) is 36.5. The number of nitrogens with one attached hydrogen (secondary N) is 7. The maximum atomic E-state index is 14.6. The Morgan fingerprint density at radius 3 is 2.12 bits per heavy atom. The summed E-state index contributed by atoms with van der Waals surface area (Å²) in [6, 6.07) is 19.1. The van der Waals surface area contributed by atoms with Crippen LogP contribution in [0.2, 0.25) is 0 Å². The first kappa shape index (κ1) is 47.2. The van der Waals surface area contributed by atoms with Crippen molar-refractivity contribution in [1.82, 2.24) is 41.8 Å². The highest BCUT2D eigenvalue weighted by atomic mass is 16.2. The lowest BCUT2D eigenvalue weighted by Gasteiger charge is -2.31. The lowest BCUT2D eigenvalue weighted by atomic mass is 10.0. The maximum Gasteiger partial charge on any atom is 0.245 e. The summed E-state index contributed by atoms with van der Waals surface area (Å²) >= 11 is 0. The summed E-state index contributed by atoms with van der Waals surface area (Å²) < 4.78 is 0. The van der Waals surface area contributed by atoms with Crippen LogP contribution in [-0.2, 0) is 52.8 Å². The Labute approximate surface area is 377 Å². The lowest BCUT2D eigenvalue weighted by Crippen LogP contribution is -2.60. The Hall–Kier alpha value is -7.24. The van der Waals surface area contributed by atoms with Crippen molar-refractivity contribution in [3.05, 3.63) is 108 Å². The van der Waals surface area contributed by atoms with Crippen molar-refractivity contribution in [2.45, 2.75) is 101 Å². The molecular formula is C47H59N11O7. The van der Waals surface area contributed by atoms with Crippen molar-refractivity contribution in [2.24, 2.45) is 16.5 Å². The van der Waals surface area contributed by atoms with E-state index in [9.17, 15) is 33.6 Å². The number of aromatic nitrogens is 1. The number of para-hydroxylation sites is 1. The Bertz CT molecular complexity index is 2330. The van der Waals surface area contributed by atoms with Crippen molar-refractivity contribution in [3.63, 3.8) is 0 Å². The number of amides is 7. The number of aromatic amines is 1. The molecule has 2 fully saturated rings. The van der Waals surface area contributed by atoms with E-state index in [4.69, 9.17) is 11.5 Å². The predicted octanol–water partition coefficient (Wildman–Crippen LogP) is 0.594. The van der Waals surface area contributed by atoms with Gasteiger partial charge in [0.1, 0.15) is 36.3 Å². The quantitative estimate of drug-likeness (QED) is 0.0516. The van der Waals surface area contributed by atoms with Crippen LogP contribution in [0.4, 0.5) is 0 Å². The number of fused-ring (bicyclic) bond motifs is 2. The van der Waals surface area contributed by atoms with Crippen molar-refractivity contribution in [1.29, 1.82) is 0 Å². The highest BCUT2D eigenvalue weighted by Gasteiger charge is 2.40. The normalized spacial score (nSPS) is 21.6. The molecule has 2 aliphatic rings. The van der Waals surface area contributed by atoms with E-state index < -0.39 is 77.6 Å². The van der Waals surface area contributed by atoms with E-state index in [0.717, 1.165) is 27.6 Å². The summed E-state index contributed by atoms with van der Waals surface area (Å²) in [4.78, 5) is 107. The van der Waals surface area contributed by atoms with E-state index in [-0.39, 0.29) is 64.1 Å². The number of aliphatic imine (C=N–C) groups is 1. The van der Waals surface area contributed by atoms with Gasteiger partial charge in [0.25, 0.3) is 0 Å². The number of nitrogens with zero attached hydrogens (tertiary/aromatic N) is 2. The zero-order chi connectivity index (χ0) is 46.3. The van der Waals surface area contributed by atoms with Gasteiger partial charge in [-0.05, 0) is 61.3 Å². The van der Waals surface area contributed by atoms with E-state index in [1.54, 1.807) is 6.20 Å². The fraction of sp³-hybridized carbons (Fsp3) is 0.404. The molecule has 65 heavy (non-hydrogen) atoms. The summed E-state index contributed by atoms with van der Waals surface area (Å²) in [7, 11) is 0. The SMILES string of the molecule is CC(=O)N[C@@H](Cc1ccccc1)C(=O)N[C@H]1CCCNC(=O)[C@H](CCCN=C(N)N)NC(=O)[C@H](Cc2c[nH]c3ccccc23)NC(=O)[C@@H](Cc2ccccc2)NC(=O)[C@@H]2CCCN2C1=O. The Balaban J connectivity index is 1.32. The molecule has 6 atom stereocenters. The molecule has 0 aliphatic carbocycles. The number of benzene rings is 3. The molecule has 0 unspecified atom stereocenters. The van der Waals surface area contributed by atoms with E-state index in [1.165, 1.54) is 11.8 Å². The summed E-state index contributed by atoms with van der Waals surface area (Å²) in [5.74, 6) is -4.04. The molecule has 2 aliphatic heterocycles. The van der Waals surface area contributed by atoms with Gasteiger partial charge in [-0.1, -0.05) is 78.9 Å². The minimum Gasteiger partial charge on any atom is -0.370 e. The first-order valence-electron chi connectivity index (χ1n) is 22.1. The van der Waals surface area contributed by atoms with Crippen LogP contribution in [0, 0.1) is 0 Å². The summed E-state index contributed by atoms with van der Waals surface area (Å²) in [6.45, 7) is 1.75. The predicted molar refractivity (Wildman–Crippen MR) is 245 cm³/mol. The third-order valence-electron chi connectivity index (χ3n) is 11.6. The molecule has 4 aromatic rings. The molecule has 3 heterocycles. The van der Waals surface area contributed by atoms with Gasteiger partial charge in [0, 0.05) is 62.9 Å². The average Bonchev–Trinajstić information content (AvgIpc) is 3.95. The molecule has 2 saturated heterocycles. The molecule has 0 spiro atoms. The monoisotopic (exact) mass is 889 g/mol. The summed E-state index contributed by atoms with van der Waals surface area (Å²) in [6.07, 6.45) is 3.52. The van der Waals surface area contributed by atoms with Gasteiger partial charge >= 0.3 is 0 Å².